The molecule has 0 spiro atoms. The third-order valence-electron chi connectivity index (χ3n) is 5.57. The molecule has 1 N–H and O–H groups in total. The standard InChI is InChI=1S/C20H29N3O3/c1-21-20(23-9-12-26-19(14-23)18-7-4-10-24-18)22-13-15-8-11-25-17-6-3-2-5-16(15)17/h2-3,5-6,15,18-19H,4,7-14H2,1H3,(H,21,22). The molecule has 1 aromatic rings. The molecule has 0 aliphatic carbocycles. The first-order valence-corrected chi connectivity index (χ1v) is 9.75. The lowest BCUT2D eigenvalue weighted by atomic mass is 9.93. The maximum absolute atomic E-state index is 5.96. The first-order valence-electron chi connectivity index (χ1n) is 9.75. The van der Waals surface area contributed by atoms with E-state index in [1.165, 1.54) is 5.56 Å². The topological polar surface area (TPSA) is 55.3 Å². The monoisotopic (exact) mass is 359 g/mol. The van der Waals surface area contributed by atoms with E-state index in [9.17, 15) is 0 Å². The van der Waals surface area contributed by atoms with Crippen molar-refractivity contribution in [1.29, 1.82) is 0 Å². The van der Waals surface area contributed by atoms with E-state index < -0.39 is 0 Å². The SMILES string of the molecule is CN=C(NCC1CCOc2ccccc21)N1CCOC(C2CCCO2)C1. The summed E-state index contributed by atoms with van der Waals surface area (Å²) in [7, 11) is 1.86. The summed E-state index contributed by atoms with van der Waals surface area (Å²) in [6.07, 6.45) is 3.65. The predicted octanol–water partition coefficient (Wildman–Crippen LogP) is 2.01. The minimum absolute atomic E-state index is 0.147. The molecule has 1 aromatic carbocycles. The van der Waals surface area contributed by atoms with Gasteiger partial charge in [-0.15, -0.1) is 0 Å². The molecule has 4 rings (SSSR count). The summed E-state index contributed by atoms with van der Waals surface area (Å²) < 4.78 is 17.6. The molecule has 0 bridgehead atoms. The largest absolute Gasteiger partial charge is 0.493 e. The average molecular weight is 359 g/mol. The van der Waals surface area contributed by atoms with Crippen molar-refractivity contribution in [2.24, 2.45) is 4.99 Å². The summed E-state index contributed by atoms with van der Waals surface area (Å²) in [6, 6.07) is 8.35. The number of aliphatic imine (C=N–C) groups is 1. The van der Waals surface area contributed by atoms with E-state index in [-0.39, 0.29) is 12.2 Å². The van der Waals surface area contributed by atoms with Gasteiger partial charge in [0.15, 0.2) is 5.96 Å². The third-order valence-corrected chi connectivity index (χ3v) is 5.57. The van der Waals surface area contributed by atoms with Crippen molar-refractivity contribution in [3.63, 3.8) is 0 Å². The maximum atomic E-state index is 5.96. The number of guanidine groups is 1. The predicted molar refractivity (Wildman–Crippen MR) is 101 cm³/mol. The molecule has 0 amide bonds. The van der Waals surface area contributed by atoms with Crippen LogP contribution in [-0.4, -0.2) is 69.6 Å². The van der Waals surface area contributed by atoms with Gasteiger partial charge in [-0.1, -0.05) is 18.2 Å². The number of morpholine rings is 1. The molecule has 3 unspecified atom stereocenters. The van der Waals surface area contributed by atoms with Crippen LogP contribution in [0.4, 0.5) is 0 Å². The number of fused-ring (bicyclic) bond motifs is 1. The molecule has 3 heterocycles. The normalized spacial score (nSPS) is 29.2. The second-order valence-electron chi connectivity index (χ2n) is 7.21. The highest BCUT2D eigenvalue weighted by Crippen LogP contribution is 2.32. The van der Waals surface area contributed by atoms with Gasteiger partial charge >= 0.3 is 0 Å². The van der Waals surface area contributed by atoms with Crippen molar-refractivity contribution in [3.8, 4) is 5.75 Å². The van der Waals surface area contributed by atoms with E-state index in [1.807, 2.05) is 13.1 Å². The number of rotatable bonds is 3. The van der Waals surface area contributed by atoms with Crippen LogP contribution < -0.4 is 10.1 Å². The molecule has 2 saturated heterocycles. The van der Waals surface area contributed by atoms with Gasteiger partial charge in [-0.25, -0.2) is 0 Å². The number of hydrogen-bond donors (Lipinski definition) is 1. The average Bonchev–Trinajstić information content (AvgIpc) is 3.24. The fraction of sp³-hybridized carbons (Fsp3) is 0.650. The summed E-state index contributed by atoms with van der Waals surface area (Å²) >= 11 is 0. The fourth-order valence-electron chi connectivity index (χ4n) is 4.16. The summed E-state index contributed by atoms with van der Waals surface area (Å²) in [4.78, 5) is 6.82. The van der Waals surface area contributed by atoms with E-state index in [2.05, 4.69) is 33.4 Å². The second-order valence-corrected chi connectivity index (χ2v) is 7.21. The summed E-state index contributed by atoms with van der Waals surface area (Å²) in [5.74, 6) is 2.43. The number of nitrogens with zero attached hydrogens (tertiary/aromatic N) is 2. The van der Waals surface area contributed by atoms with Gasteiger partial charge in [-0.3, -0.25) is 4.99 Å². The molecule has 0 saturated carbocycles. The molecule has 142 valence electrons. The zero-order chi connectivity index (χ0) is 17.8. The molecular formula is C20H29N3O3. The smallest absolute Gasteiger partial charge is 0.193 e. The minimum Gasteiger partial charge on any atom is -0.493 e. The molecule has 2 fully saturated rings. The van der Waals surface area contributed by atoms with Crippen LogP contribution in [-0.2, 0) is 9.47 Å². The Hall–Kier alpha value is -1.79. The van der Waals surface area contributed by atoms with Crippen LogP contribution in [0.2, 0.25) is 0 Å². The van der Waals surface area contributed by atoms with Gasteiger partial charge in [0.25, 0.3) is 0 Å². The minimum atomic E-state index is 0.147. The summed E-state index contributed by atoms with van der Waals surface area (Å²) in [6.45, 7) is 4.95. The Morgan fingerprint density at radius 1 is 1.15 bits per heavy atom. The van der Waals surface area contributed by atoms with Gasteiger partial charge in [-0.2, -0.15) is 0 Å². The molecule has 26 heavy (non-hydrogen) atoms. The Morgan fingerprint density at radius 3 is 2.88 bits per heavy atom. The summed E-state index contributed by atoms with van der Waals surface area (Å²) in [5, 5.41) is 3.58. The first kappa shape index (κ1) is 17.6. The second kappa shape index (κ2) is 8.27. The molecule has 0 aromatic heterocycles. The van der Waals surface area contributed by atoms with Gasteiger partial charge in [0.1, 0.15) is 11.9 Å². The van der Waals surface area contributed by atoms with Crippen LogP contribution in [0.1, 0.15) is 30.7 Å². The zero-order valence-corrected chi connectivity index (χ0v) is 15.5. The lowest BCUT2D eigenvalue weighted by Gasteiger charge is -2.37. The molecular weight excluding hydrogens is 330 g/mol. The summed E-state index contributed by atoms with van der Waals surface area (Å²) in [5.41, 5.74) is 1.29. The Kier molecular flexibility index (Phi) is 5.60. The lowest BCUT2D eigenvalue weighted by Crippen LogP contribution is -2.53. The van der Waals surface area contributed by atoms with E-state index >= 15 is 0 Å². The number of benzene rings is 1. The third kappa shape index (κ3) is 3.81. The van der Waals surface area contributed by atoms with Crippen molar-refractivity contribution in [1.82, 2.24) is 10.2 Å². The molecule has 3 aliphatic heterocycles. The van der Waals surface area contributed by atoms with Gasteiger partial charge in [-0.05, 0) is 30.9 Å². The van der Waals surface area contributed by atoms with Crippen molar-refractivity contribution in [2.45, 2.75) is 37.4 Å². The zero-order valence-electron chi connectivity index (χ0n) is 15.5. The molecule has 0 radical (unpaired) electrons. The highest BCUT2D eigenvalue weighted by molar-refractivity contribution is 5.80. The van der Waals surface area contributed by atoms with Crippen molar-refractivity contribution >= 4 is 5.96 Å². The molecule has 6 heteroatoms. The van der Waals surface area contributed by atoms with E-state index in [1.54, 1.807) is 0 Å². The quantitative estimate of drug-likeness (QED) is 0.661. The maximum Gasteiger partial charge on any atom is 0.193 e. The van der Waals surface area contributed by atoms with E-state index in [4.69, 9.17) is 14.2 Å². The highest BCUT2D eigenvalue weighted by atomic mass is 16.5. The van der Waals surface area contributed by atoms with Crippen molar-refractivity contribution in [2.75, 3.05) is 46.5 Å². The number of hydrogen-bond acceptors (Lipinski definition) is 4. The number of ether oxygens (including phenoxy) is 3. The van der Waals surface area contributed by atoms with Crippen LogP contribution >= 0.6 is 0 Å². The van der Waals surface area contributed by atoms with Crippen molar-refractivity contribution in [3.05, 3.63) is 29.8 Å². The van der Waals surface area contributed by atoms with E-state index in [0.29, 0.717) is 5.92 Å². The Labute approximate surface area is 155 Å². The highest BCUT2D eigenvalue weighted by Gasteiger charge is 2.32. The van der Waals surface area contributed by atoms with Crippen LogP contribution in [0.5, 0.6) is 5.75 Å². The molecule has 6 nitrogen and oxygen atoms in total. The van der Waals surface area contributed by atoms with Crippen molar-refractivity contribution < 1.29 is 14.2 Å². The molecule has 3 aliphatic rings. The Morgan fingerprint density at radius 2 is 2.04 bits per heavy atom. The molecule has 3 atom stereocenters. The van der Waals surface area contributed by atoms with Gasteiger partial charge in [0.2, 0.25) is 0 Å². The lowest BCUT2D eigenvalue weighted by molar-refractivity contribution is -0.0817. The Bertz CT molecular complexity index is 630. The fourth-order valence-corrected chi connectivity index (χ4v) is 4.16. The Balaban J connectivity index is 1.36. The van der Waals surface area contributed by atoms with Crippen LogP contribution in [0.15, 0.2) is 29.3 Å². The number of nitrogens with one attached hydrogen (secondary N) is 1. The number of para-hydroxylation sites is 1. The van der Waals surface area contributed by atoms with Gasteiger partial charge < -0.3 is 24.4 Å². The van der Waals surface area contributed by atoms with Crippen LogP contribution in [0.3, 0.4) is 0 Å². The van der Waals surface area contributed by atoms with Gasteiger partial charge in [0.05, 0.1) is 19.3 Å². The van der Waals surface area contributed by atoms with Crippen LogP contribution in [0, 0.1) is 0 Å². The van der Waals surface area contributed by atoms with Crippen LogP contribution in [0.25, 0.3) is 0 Å². The van der Waals surface area contributed by atoms with E-state index in [0.717, 1.165) is 70.4 Å². The first-order chi connectivity index (χ1) is 12.8. The van der Waals surface area contributed by atoms with Gasteiger partial charge in [0, 0.05) is 39.2 Å².